The third-order valence-electron chi connectivity index (χ3n) is 4.81. The Labute approximate surface area is 125 Å². The fourth-order valence-corrected chi connectivity index (χ4v) is 3.68. The number of hydrogen-bond donors (Lipinski definition) is 1. The molecule has 3 unspecified atom stereocenters. The fraction of sp³-hybridized carbons (Fsp3) is 1.00. The summed E-state index contributed by atoms with van der Waals surface area (Å²) in [5, 5.41) is 3.71. The molecule has 20 heavy (non-hydrogen) atoms. The van der Waals surface area contributed by atoms with Gasteiger partial charge in [-0.2, -0.15) is 0 Å². The molecule has 3 atom stereocenters. The van der Waals surface area contributed by atoms with E-state index in [-0.39, 0.29) is 5.54 Å². The molecular weight excluding hydrogens is 248 g/mol. The van der Waals surface area contributed by atoms with Crippen LogP contribution in [0.2, 0.25) is 0 Å². The molecule has 1 saturated carbocycles. The molecule has 3 nitrogen and oxygen atoms in total. The predicted molar refractivity (Wildman–Crippen MR) is 85.1 cm³/mol. The van der Waals surface area contributed by atoms with Gasteiger partial charge < -0.3 is 10.1 Å². The van der Waals surface area contributed by atoms with E-state index in [2.05, 4.69) is 44.8 Å². The Kier molecular flexibility index (Phi) is 5.49. The van der Waals surface area contributed by atoms with Crippen LogP contribution in [-0.4, -0.2) is 48.3 Å². The first-order valence-corrected chi connectivity index (χ1v) is 8.51. The second-order valence-electron chi connectivity index (χ2n) is 7.94. The Hall–Kier alpha value is -0.120. The van der Waals surface area contributed by atoms with Crippen LogP contribution in [0.15, 0.2) is 0 Å². The number of ether oxygens (including phenoxy) is 1. The maximum Gasteiger partial charge on any atom is 0.0731 e. The molecule has 2 fully saturated rings. The molecule has 2 aliphatic rings. The van der Waals surface area contributed by atoms with Crippen LogP contribution in [0.3, 0.4) is 0 Å². The lowest BCUT2D eigenvalue weighted by molar-refractivity contribution is -0.108. The monoisotopic (exact) mass is 282 g/mol. The van der Waals surface area contributed by atoms with Crippen LogP contribution in [0, 0.1) is 5.92 Å². The summed E-state index contributed by atoms with van der Waals surface area (Å²) in [6, 6.07) is 1.29. The fourth-order valence-electron chi connectivity index (χ4n) is 3.68. The van der Waals surface area contributed by atoms with E-state index in [1.54, 1.807) is 0 Å². The largest absolute Gasteiger partial charge is 0.375 e. The summed E-state index contributed by atoms with van der Waals surface area (Å²) in [5.74, 6) is 0.686. The second-order valence-corrected chi connectivity index (χ2v) is 7.94. The van der Waals surface area contributed by atoms with Crippen molar-refractivity contribution in [1.29, 1.82) is 0 Å². The highest BCUT2D eigenvalue weighted by molar-refractivity contribution is 4.93. The van der Waals surface area contributed by atoms with Gasteiger partial charge in [-0.25, -0.2) is 0 Å². The van der Waals surface area contributed by atoms with Crippen molar-refractivity contribution < 1.29 is 4.74 Å². The molecule has 1 heterocycles. The molecule has 0 aromatic carbocycles. The van der Waals surface area contributed by atoms with Gasteiger partial charge in [0.2, 0.25) is 0 Å². The molecular formula is C17H34N2O. The van der Waals surface area contributed by atoms with E-state index in [0.717, 1.165) is 19.7 Å². The Morgan fingerprint density at radius 2 is 1.90 bits per heavy atom. The van der Waals surface area contributed by atoms with Crippen molar-refractivity contribution in [2.75, 3.05) is 19.7 Å². The number of hydrogen-bond acceptors (Lipinski definition) is 3. The highest BCUT2D eigenvalue weighted by atomic mass is 16.5. The summed E-state index contributed by atoms with van der Waals surface area (Å²) in [5.41, 5.74) is 0.200. The van der Waals surface area contributed by atoms with Gasteiger partial charge >= 0.3 is 0 Å². The predicted octanol–water partition coefficient (Wildman–Crippen LogP) is 3.04. The summed E-state index contributed by atoms with van der Waals surface area (Å²) in [4.78, 5) is 2.76. The van der Waals surface area contributed by atoms with Gasteiger partial charge in [0.1, 0.15) is 0 Å². The van der Waals surface area contributed by atoms with Crippen molar-refractivity contribution in [3.8, 4) is 0 Å². The smallest absolute Gasteiger partial charge is 0.0731 e. The van der Waals surface area contributed by atoms with Crippen molar-refractivity contribution >= 4 is 0 Å². The van der Waals surface area contributed by atoms with Gasteiger partial charge in [0.15, 0.2) is 0 Å². The van der Waals surface area contributed by atoms with Crippen molar-refractivity contribution in [3.05, 3.63) is 0 Å². The quantitative estimate of drug-likeness (QED) is 0.858. The lowest BCUT2D eigenvalue weighted by Gasteiger charge is -2.49. The molecule has 118 valence electrons. The standard InChI is InChI=1S/C17H34N2O/c1-13(2)15(12-18-17(3,4)5)19-10-11-20-16-9-7-6-8-14(16)19/h13-16,18H,6-12H2,1-5H3. The van der Waals surface area contributed by atoms with Crippen LogP contribution >= 0.6 is 0 Å². The Morgan fingerprint density at radius 3 is 2.55 bits per heavy atom. The van der Waals surface area contributed by atoms with Gasteiger partial charge in [-0.05, 0) is 39.5 Å². The van der Waals surface area contributed by atoms with E-state index < -0.39 is 0 Å². The van der Waals surface area contributed by atoms with Gasteiger partial charge in [0.05, 0.1) is 12.7 Å². The number of nitrogens with one attached hydrogen (secondary N) is 1. The third kappa shape index (κ3) is 4.19. The van der Waals surface area contributed by atoms with Gasteiger partial charge in [-0.15, -0.1) is 0 Å². The minimum Gasteiger partial charge on any atom is -0.375 e. The zero-order valence-electron chi connectivity index (χ0n) is 14.1. The molecule has 3 heteroatoms. The molecule has 1 N–H and O–H groups in total. The molecule has 0 amide bonds. The third-order valence-corrected chi connectivity index (χ3v) is 4.81. The van der Waals surface area contributed by atoms with Crippen LogP contribution < -0.4 is 5.32 Å². The first-order chi connectivity index (χ1) is 9.38. The van der Waals surface area contributed by atoms with E-state index in [1.165, 1.54) is 25.7 Å². The highest BCUT2D eigenvalue weighted by Gasteiger charge is 2.38. The van der Waals surface area contributed by atoms with Gasteiger partial charge in [-0.3, -0.25) is 4.90 Å². The first-order valence-electron chi connectivity index (χ1n) is 8.51. The van der Waals surface area contributed by atoms with E-state index in [4.69, 9.17) is 4.74 Å². The summed E-state index contributed by atoms with van der Waals surface area (Å²) in [6.45, 7) is 14.6. The normalized spacial score (nSPS) is 30.3. The summed E-state index contributed by atoms with van der Waals surface area (Å²) < 4.78 is 6.03. The topological polar surface area (TPSA) is 24.5 Å². The molecule has 1 aliphatic carbocycles. The molecule has 2 rings (SSSR count). The van der Waals surface area contributed by atoms with E-state index in [1.807, 2.05) is 0 Å². The number of fused-ring (bicyclic) bond motifs is 1. The van der Waals surface area contributed by atoms with Crippen molar-refractivity contribution in [1.82, 2.24) is 10.2 Å². The molecule has 0 radical (unpaired) electrons. The minimum absolute atomic E-state index is 0.200. The first kappa shape index (κ1) is 16.3. The summed E-state index contributed by atoms with van der Waals surface area (Å²) in [6.07, 6.45) is 5.80. The van der Waals surface area contributed by atoms with Crippen LogP contribution in [0.1, 0.15) is 60.3 Å². The zero-order chi connectivity index (χ0) is 14.8. The van der Waals surface area contributed by atoms with Crippen LogP contribution in [0.5, 0.6) is 0 Å². The van der Waals surface area contributed by atoms with Gasteiger partial charge in [0, 0.05) is 30.7 Å². The Morgan fingerprint density at radius 1 is 1.20 bits per heavy atom. The Bertz CT molecular complexity index is 296. The van der Waals surface area contributed by atoms with Crippen molar-refractivity contribution in [3.63, 3.8) is 0 Å². The zero-order valence-corrected chi connectivity index (χ0v) is 14.1. The van der Waals surface area contributed by atoms with E-state index in [9.17, 15) is 0 Å². The lowest BCUT2D eigenvalue weighted by atomic mass is 9.87. The number of morpholine rings is 1. The molecule has 0 aromatic heterocycles. The van der Waals surface area contributed by atoms with Crippen molar-refractivity contribution in [2.45, 2.75) is 84.0 Å². The number of nitrogens with zero attached hydrogens (tertiary/aromatic N) is 1. The maximum absolute atomic E-state index is 6.03. The lowest BCUT2D eigenvalue weighted by Crippen LogP contribution is -2.60. The summed E-state index contributed by atoms with van der Waals surface area (Å²) in [7, 11) is 0. The SMILES string of the molecule is CC(C)C(CNC(C)(C)C)N1CCOC2CCCCC21. The molecule has 1 aliphatic heterocycles. The molecule has 0 aromatic rings. The average Bonchev–Trinajstić information content (AvgIpc) is 2.37. The Balaban J connectivity index is 2.03. The van der Waals surface area contributed by atoms with Gasteiger partial charge in [-0.1, -0.05) is 26.7 Å². The van der Waals surface area contributed by atoms with E-state index in [0.29, 0.717) is 24.1 Å². The van der Waals surface area contributed by atoms with Crippen LogP contribution in [-0.2, 0) is 4.74 Å². The molecule has 0 spiro atoms. The molecule has 0 bridgehead atoms. The van der Waals surface area contributed by atoms with Crippen LogP contribution in [0.4, 0.5) is 0 Å². The highest BCUT2D eigenvalue weighted by Crippen LogP contribution is 2.31. The summed E-state index contributed by atoms with van der Waals surface area (Å²) >= 11 is 0. The number of rotatable bonds is 4. The van der Waals surface area contributed by atoms with E-state index >= 15 is 0 Å². The second kappa shape index (κ2) is 6.76. The minimum atomic E-state index is 0.200. The van der Waals surface area contributed by atoms with Crippen LogP contribution in [0.25, 0.3) is 0 Å². The average molecular weight is 282 g/mol. The molecule has 1 saturated heterocycles. The maximum atomic E-state index is 6.03. The van der Waals surface area contributed by atoms with Crippen molar-refractivity contribution in [2.24, 2.45) is 5.92 Å². The van der Waals surface area contributed by atoms with Gasteiger partial charge in [0.25, 0.3) is 0 Å².